The molecule has 0 atom stereocenters. The lowest BCUT2D eigenvalue weighted by Gasteiger charge is -2.30. The Morgan fingerprint density at radius 3 is 2.81 bits per heavy atom. The average molecular weight is 362 g/mol. The smallest absolute Gasteiger partial charge is 0.154 e. The second-order valence-corrected chi connectivity index (χ2v) is 6.43. The molecular formula is C22H26N4O. The first kappa shape index (κ1) is 18.9. The van der Waals surface area contributed by atoms with Gasteiger partial charge in [-0.3, -0.25) is 0 Å². The highest BCUT2D eigenvalue weighted by atomic mass is 16.5. The van der Waals surface area contributed by atoms with Crippen LogP contribution in [0, 0.1) is 6.92 Å². The van der Waals surface area contributed by atoms with E-state index in [0.717, 1.165) is 49.7 Å². The molecule has 1 aromatic carbocycles. The highest BCUT2D eigenvalue weighted by Gasteiger charge is 2.13. The van der Waals surface area contributed by atoms with E-state index in [0.29, 0.717) is 5.82 Å². The van der Waals surface area contributed by atoms with Crippen LogP contribution in [0.25, 0.3) is 17.1 Å². The van der Waals surface area contributed by atoms with Crippen LogP contribution in [0.3, 0.4) is 0 Å². The molecule has 140 valence electrons. The van der Waals surface area contributed by atoms with Gasteiger partial charge in [-0.2, -0.15) is 5.10 Å². The van der Waals surface area contributed by atoms with Crippen LogP contribution in [0.5, 0.6) is 0 Å². The van der Waals surface area contributed by atoms with Gasteiger partial charge in [0.25, 0.3) is 0 Å². The molecule has 0 aliphatic carbocycles. The predicted molar refractivity (Wildman–Crippen MR) is 112 cm³/mol. The lowest BCUT2D eigenvalue weighted by Crippen LogP contribution is -2.35. The van der Waals surface area contributed by atoms with E-state index in [2.05, 4.69) is 54.4 Å². The van der Waals surface area contributed by atoms with Gasteiger partial charge in [-0.15, -0.1) is 6.58 Å². The molecule has 3 rings (SSSR count). The minimum atomic E-state index is 0.690. The molecule has 0 bridgehead atoms. The van der Waals surface area contributed by atoms with Gasteiger partial charge in [-0.1, -0.05) is 35.9 Å². The summed E-state index contributed by atoms with van der Waals surface area (Å²) in [5, 5.41) is 4.70. The maximum Gasteiger partial charge on any atom is 0.154 e. The van der Waals surface area contributed by atoms with Crippen LogP contribution in [-0.4, -0.2) is 47.7 Å². The van der Waals surface area contributed by atoms with Gasteiger partial charge in [0.05, 0.1) is 18.9 Å². The van der Waals surface area contributed by atoms with E-state index in [4.69, 9.17) is 9.84 Å². The molecule has 27 heavy (non-hydrogen) atoms. The molecule has 1 aliphatic rings. The molecule has 2 heterocycles. The molecule has 1 aliphatic heterocycles. The van der Waals surface area contributed by atoms with Crippen molar-refractivity contribution in [2.75, 3.05) is 26.3 Å². The van der Waals surface area contributed by atoms with Gasteiger partial charge in [-0.25, -0.2) is 9.67 Å². The maximum absolute atomic E-state index is 5.47. The molecule has 0 unspecified atom stereocenters. The van der Waals surface area contributed by atoms with E-state index < -0.39 is 0 Å². The molecule has 5 nitrogen and oxygen atoms in total. The number of hydrogen-bond donors (Lipinski definition) is 0. The summed E-state index contributed by atoms with van der Waals surface area (Å²) in [6, 6.07) is 10.3. The van der Waals surface area contributed by atoms with Gasteiger partial charge in [0.1, 0.15) is 0 Å². The fourth-order valence-corrected chi connectivity index (χ4v) is 3.03. The molecule has 2 aromatic rings. The monoisotopic (exact) mass is 362 g/mol. The van der Waals surface area contributed by atoms with E-state index >= 15 is 0 Å². The molecular weight excluding hydrogens is 336 g/mol. The van der Waals surface area contributed by atoms with Crippen molar-refractivity contribution < 1.29 is 4.74 Å². The zero-order valence-corrected chi connectivity index (χ0v) is 15.8. The third-order valence-corrected chi connectivity index (χ3v) is 4.45. The lowest BCUT2D eigenvalue weighted by atomic mass is 10.1. The van der Waals surface area contributed by atoms with Crippen LogP contribution in [0.4, 0.5) is 0 Å². The summed E-state index contributed by atoms with van der Waals surface area (Å²) >= 11 is 0. The van der Waals surface area contributed by atoms with Crippen LogP contribution in [0.1, 0.15) is 12.0 Å². The zero-order valence-electron chi connectivity index (χ0n) is 15.8. The van der Waals surface area contributed by atoms with Crippen molar-refractivity contribution in [3.05, 3.63) is 72.6 Å². The third-order valence-electron chi connectivity index (χ3n) is 4.45. The van der Waals surface area contributed by atoms with Crippen molar-refractivity contribution in [3.63, 3.8) is 0 Å². The minimum Gasteiger partial charge on any atom is -0.378 e. The third kappa shape index (κ3) is 4.83. The van der Waals surface area contributed by atoms with Gasteiger partial charge < -0.3 is 9.64 Å². The Labute approximate surface area is 161 Å². The summed E-state index contributed by atoms with van der Waals surface area (Å²) in [5.74, 6) is 0.690. The Balaban J connectivity index is 1.90. The highest BCUT2D eigenvalue weighted by molar-refractivity contribution is 5.61. The molecule has 0 spiro atoms. The number of aryl methyl sites for hydroxylation is 1. The number of ether oxygens (including phenoxy) is 1. The number of benzene rings is 1. The van der Waals surface area contributed by atoms with Crippen LogP contribution in [-0.2, 0) is 4.74 Å². The molecule has 1 aromatic heterocycles. The molecule has 0 saturated carbocycles. The van der Waals surface area contributed by atoms with Gasteiger partial charge in [0.15, 0.2) is 5.82 Å². The number of allylic oxidation sites excluding steroid dienone is 3. The molecule has 1 fully saturated rings. The quantitative estimate of drug-likeness (QED) is 0.422. The Kier molecular flexibility index (Phi) is 6.39. The first-order valence-electron chi connectivity index (χ1n) is 9.16. The molecule has 0 radical (unpaired) electrons. The maximum atomic E-state index is 5.47. The van der Waals surface area contributed by atoms with Gasteiger partial charge >= 0.3 is 0 Å². The van der Waals surface area contributed by atoms with E-state index in [1.54, 1.807) is 4.68 Å². The van der Waals surface area contributed by atoms with Gasteiger partial charge in [-0.05, 0) is 32.2 Å². The Bertz CT molecular complexity index is 857. The Morgan fingerprint density at radius 1 is 1.30 bits per heavy atom. The highest BCUT2D eigenvalue weighted by Crippen LogP contribution is 2.21. The fraction of sp³-hybridized carbons (Fsp3) is 0.273. The summed E-state index contributed by atoms with van der Waals surface area (Å²) in [6.07, 6.45) is 8.77. The van der Waals surface area contributed by atoms with Crippen molar-refractivity contribution >= 4 is 12.5 Å². The second-order valence-electron chi connectivity index (χ2n) is 6.43. The van der Waals surface area contributed by atoms with E-state index in [-0.39, 0.29) is 0 Å². The number of aromatic nitrogens is 2. The number of rotatable bonds is 7. The Morgan fingerprint density at radius 2 is 2.11 bits per heavy atom. The summed E-state index contributed by atoms with van der Waals surface area (Å²) in [5.41, 5.74) is 4.30. The molecule has 1 saturated heterocycles. The number of nitrogens with zero attached hydrogens (tertiary/aromatic N) is 4. The SMILES string of the molecule is C=CC/C=C(\C=C(/N=C)n1ccc(-c2cccc(C)c2)n1)N1CCOCC1. The first-order chi connectivity index (χ1) is 13.2. The van der Waals surface area contributed by atoms with Crippen LogP contribution < -0.4 is 0 Å². The standard InChI is InChI=1S/C22H26N4O/c1-4-5-9-20(25-12-14-27-15-13-25)17-22(23-3)26-11-10-21(24-26)19-8-6-7-18(2)16-19/h4,6-11,16-17H,1,3,5,12-15H2,2H3/b20-9+,22-17+. The fourth-order valence-electron chi connectivity index (χ4n) is 3.03. The summed E-state index contributed by atoms with van der Waals surface area (Å²) in [7, 11) is 0. The normalized spacial score (nSPS) is 15.7. The minimum absolute atomic E-state index is 0.690. The molecule has 5 heteroatoms. The Hall–Kier alpha value is -2.92. The van der Waals surface area contributed by atoms with E-state index in [1.165, 1.54) is 5.56 Å². The predicted octanol–water partition coefficient (Wildman–Crippen LogP) is 4.15. The molecule has 0 N–H and O–H groups in total. The molecule has 0 amide bonds. The largest absolute Gasteiger partial charge is 0.378 e. The summed E-state index contributed by atoms with van der Waals surface area (Å²) in [4.78, 5) is 6.51. The van der Waals surface area contributed by atoms with Gasteiger partial charge in [0.2, 0.25) is 0 Å². The van der Waals surface area contributed by atoms with Crippen LogP contribution >= 0.6 is 0 Å². The summed E-state index contributed by atoms with van der Waals surface area (Å²) < 4.78 is 7.24. The van der Waals surface area contributed by atoms with E-state index in [1.807, 2.05) is 30.5 Å². The summed E-state index contributed by atoms with van der Waals surface area (Å²) in [6.45, 7) is 12.8. The second kappa shape index (κ2) is 9.14. The van der Waals surface area contributed by atoms with Crippen molar-refractivity contribution in [2.45, 2.75) is 13.3 Å². The van der Waals surface area contributed by atoms with Crippen molar-refractivity contribution in [1.82, 2.24) is 14.7 Å². The number of hydrogen-bond acceptors (Lipinski definition) is 4. The van der Waals surface area contributed by atoms with Crippen LogP contribution in [0.15, 0.2) is 72.0 Å². The van der Waals surface area contributed by atoms with Crippen molar-refractivity contribution in [3.8, 4) is 11.3 Å². The van der Waals surface area contributed by atoms with Gasteiger partial charge in [0, 0.05) is 36.6 Å². The first-order valence-corrected chi connectivity index (χ1v) is 9.16. The number of aliphatic imine (C=N–C) groups is 1. The number of morpholine rings is 1. The van der Waals surface area contributed by atoms with E-state index in [9.17, 15) is 0 Å². The van der Waals surface area contributed by atoms with Crippen LogP contribution in [0.2, 0.25) is 0 Å². The van der Waals surface area contributed by atoms with Crippen molar-refractivity contribution in [1.29, 1.82) is 0 Å². The lowest BCUT2D eigenvalue weighted by molar-refractivity contribution is 0.0553. The zero-order chi connectivity index (χ0) is 19.1. The van der Waals surface area contributed by atoms with Crippen molar-refractivity contribution in [2.24, 2.45) is 4.99 Å². The topological polar surface area (TPSA) is 42.7 Å². The average Bonchev–Trinajstić information content (AvgIpc) is 3.19.